The van der Waals surface area contributed by atoms with Gasteiger partial charge >= 0.3 is 0 Å². The van der Waals surface area contributed by atoms with Gasteiger partial charge in [0.1, 0.15) is 0 Å². The lowest BCUT2D eigenvalue weighted by molar-refractivity contribution is -0.132. The number of hydrogen-bond acceptors (Lipinski definition) is 3. The summed E-state index contributed by atoms with van der Waals surface area (Å²) in [7, 11) is -3.57. The fourth-order valence-corrected chi connectivity index (χ4v) is 5.34. The quantitative estimate of drug-likeness (QED) is 0.803. The number of rotatable bonds is 6. The molecule has 1 aromatic carbocycles. The van der Waals surface area contributed by atoms with Gasteiger partial charge in [0, 0.05) is 26.1 Å². The van der Waals surface area contributed by atoms with Crippen LogP contribution in [-0.2, 0) is 14.8 Å². The van der Waals surface area contributed by atoms with Gasteiger partial charge in [-0.3, -0.25) is 4.79 Å². The van der Waals surface area contributed by atoms with Crippen LogP contribution in [0.25, 0.3) is 0 Å². The van der Waals surface area contributed by atoms with Crippen LogP contribution in [0.5, 0.6) is 0 Å². The van der Waals surface area contributed by atoms with Gasteiger partial charge in [0.15, 0.2) is 0 Å². The molecule has 1 amide bonds. The standard InChI is InChI=1S/C21H32N2O3S/c1-17-6-5-15-23(16-17)21(24)13-14-22-27(25,26)20-11-9-19(10-12-20)18-7-3-2-4-8-18/h9-12,17-18,22H,2-8,13-16H2,1H3. The van der Waals surface area contributed by atoms with E-state index in [0.717, 1.165) is 25.9 Å². The lowest BCUT2D eigenvalue weighted by atomic mass is 9.84. The van der Waals surface area contributed by atoms with Gasteiger partial charge in [-0.1, -0.05) is 38.3 Å². The fraction of sp³-hybridized carbons (Fsp3) is 0.667. The Labute approximate surface area is 163 Å². The Morgan fingerprint density at radius 2 is 1.78 bits per heavy atom. The monoisotopic (exact) mass is 392 g/mol. The summed E-state index contributed by atoms with van der Waals surface area (Å²) in [4.78, 5) is 14.4. The lowest BCUT2D eigenvalue weighted by Gasteiger charge is -2.31. The predicted octanol–water partition coefficient (Wildman–Crippen LogP) is 3.66. The molecular weight excluding hydrogens is 360 g/mol. The largest absolute Gasteiger partial charge is 0.342 e. The fourth-order valence-electron chi connectivity index (χ4n) is 4.30. The lowest BCUT2D eigenvalue weighted by Crippen LogP contribution is -2.40. The summed E-state index contributed by atoms with van der Waals surface area (Å²) >= 11 is 0. The highest BCUT2D eigenvalue weighted by atomic mass is 32.2. The molecule has 0 aromatic heterocycles. The molecule has 6 heteroatoms. The molecule has 1 aromatic rings. The molecule has 1 saturated carbocycles. The van der Waals surface area contributed by atoms with Crippen LogP contribution in [0, 0.1) is 5.92 Å². The summed E-state index contributed by atoms with van der Waals surface area (Å²) in [6, 6.07) is 7.29. The normalized spacial score (nSPS) is 22.0. The predicted molar refractivity (Wildman–Crippen MR) is 107 cm³/mol. The van der Waals surface area contributed by atoms with Gasteiger partial charge in [-0.2, -0.15) is 0 Å². The Morgan fingerprint density at radius 3 is 2.44 bits per heavy atom. The van der Waals surface area contributed by atoms with Crippen LogP contribution in [0.15, 0.2) is 29.2 Å². The number of nitrogens with zero attached hydrogens (tertiary/aromatic N) is 1. The maximum absolute atomic E-state index is 12.5. The maximum Gasteiger partial charge on any atom is 0.240 e. The number of hydrogen-bond donors (Lipinski definition) is 1. The first-order valence-electron chi connectivity index (χ1n) is 10.3. The van der Waals surface area contributed by atoms with E-state index in [1.807, 2.05) is 17.0 Å². The van der Waals surface area contributed by atoms with E-state index < -0.39 is 10.0 Å². The van der Waals surface area contributed by atoms with Crippen LogP contribution in [-0.4, -0.2) is 38.9 Å². The third-order valence-electron chi connectivity index (χ3n) is 5.91. The van der Waals surface area contributed by atoms with E-state index in [0.29, 0.717) is 11.8 Å². The smallest absolute Gasteiger partial charge is 0.240 e. The molecule has 1 aliphatic heterocycles. The van der Waals surface area contributed by atoms with Crippen molar-refractivity contribution in [3.63, 3.8) is 0 Å². The van der Waals surface area contributed by atoms with Crippen LogP contribution < -0.4 is 4.72 Å². The van der Waals surface area contributed by atoms with E-state index in [2.05, 4.69) is 11.6 Å². The molecule has 2 fully saturated rings. The molecule has 0 bridgehead atoms. The van der Waals surface area contributed by atoms with Gasteiger partial charge in [-0.25, -0.2) is 13.1 Å². The van der Waals surface area contributed by atoms with Gasteiger partial charge < -0.3 is 4.90 Å². The summed E-state index contributed by atoms with van der Waals surface area (Å²) in [5.41, 5.74) is 1.24. The van der Waals surface area contributed by atoms with Crippen molar-refractivity contribution in [2.75, 3.05) is 19.6 Å². The molecule has 1 saturated heterocycles. The molecule has 1 aliphatic carbocycles. The minimum absolute atomic E-state index is 0.0388. The van der Waals surface area contributed by atoms with Crippen molar-refractivity contribution in [1.82, 2.24) is 9.62 Å². The summed E-state index contributed by atoms with van der Waals surface area (Å²) in [5, 5.41) is 0. The molecule has 0 spiro atoms. The van der Waals surface area contributed by atoms with Crippen molar-refractivity contribution < 1.29 is 13.2 Å². The Bertz CT molecular complexity index is 724. The zero-order chi connectivity index (χ0) is 19.3. The molecular formula is C21H32N2O3S. The topological polar surface area (TPSA) is 66.5 Å². The molecule has 1 N–H and O–H groups in total. The Morgan fingerprint density at radius 1 is 1.07 bits per heavy atom. The van der Waals surface area contributed by atoms with E-state index in [1.54, 1.807) is 12.1 Å². The number of amides is 1. The molecule has 3 rings (SSSR count). The second-order valence-electron chi connectivity index (χ2n) is 8.14. The van der Waals surface area contributed by atoms with Crippen molar-refractivity contribution in [2.24, 2.45) is 5.92 Å². The van der Waals surface area contributed by atoms with Gasteiger partial charge in [-0.15, -0.1) is 0 Å². The molecule has 150 valence electrons. The summed E-state index contributed by atoms with van der Waals surface area (Å²) in [6.45, 7) is 3.88. The van der Waals surface area contributed by atoms with Gasteiger partial charge in [0.2, 0.25) is 15.9 Å². The van der Waals surface area contributed by atoms with E-state index >= 15 is 0 Å². The SMILES string of the molecule is CC1CCCN(C(=O)CCNS(=O)(=O)c2ccc(C3CCCCC3)cc2)C1. The van der Waals surface area contributed by atoms with Crippen molar-refractivity contribution >= 4 is 15.9 Å². The van der Waals surface area contributed by atoms with E-state index in [-0.39, 0.29) is 23.8 Å². The van der Waals surface area contributed by atoms with Crippen molar-refractivity contribution in [1.29, 1.82) is 0 Å². The zero-order valence-electron chi connectivity index (χ0n) is 16.3. The Kier molecular flexibility index (Phi) is 6.93. The van der Waals surface area contributed by atoms with E-state index in [1.165, 1.54) is 37.7 Å². The number of carbonyl (C=O) groups is 1. The average molecular weight is 393 g/mol. The maximum atomic E-state index is 12.5. The van der Waals surface area contributed by atoms with Crippen LogP contribution in [0.3, 0.4) is 0 Å². The van der Waals surface area contributed by atoms with Crippen LogP contribution in [0.1, 0.15) is 69.8 Å². The van der Waals surface area contributed by atoms with E-state index in [4.69, 9.17) is 0 Å². The minimum atomic E-state index is -3.57. The first kappa shape index (κ1) is 20.3. The van der Waals surface area contributed by atoms with Crippen molar-refractivity contribution in [3.8, 4) is 0 Å². The molecule has 0 radical (unpaired) electrons. The highest BCUT2D eigenvalue weighted by Crippen LogP contribution is 2.32. The number of carbonyl (C=O) groups excluding carboxylic acids is 1. The number of piperidine rings is 1. The van der Waals surface area contributed by atoms with Crippen molar-refractivity contribution in [2.45, 2.75) is 69.1 Å². The number of sulfonamides is 1. The van der Waals surface area contributed by atoms with Crippen LogP contribution in [0.2, 0.25) is 0 Å². The molecule has 1 unspecified atom stereocenters. The summed E-state index contributed by atoms with van der Waals surface area (Å²) < 4.78 is 27.6. The van der Waals surface area contributed by atoms with Gasteiger partial charge in [-0.05, 0) is 55.2 Å². The summed E-state index contributed by atoms with van der Waals surface area (Å²) in [6.07, 6.45) is 8.63. The second kappa shape index (κ2) is 9.20. The third-order valence-corrected chi connectivity index (χ3v) is 7.38. The molecule has 1 atom stereocenters. The van der Waals surface area contributed by atoms with Gasteiger partial charge in [0.05, 0.1) is 4.90 Å². The molecule has 5 nitrogen and oxygen atoms in total. The van der Waals surface area contributed by atoms with Gasteiger partial charge in [0.25, 0.3) is 0 Å². The molecule has 1 heterocycles. The summed E-state index contributed by atoms with van der Waals surface area (Å²) in [5.74, 6) is 1.13. The first-order chi connectivity index (χ1) is 13.0. The third kappa shape index (κ3) is 5.55. The highest BCUT2D eigenvalue weighted by Gasteiger charge is 2.22. The zero-order valence-corrected chi connectivity index (χ0v) is 17.1. The first-order valence-corrected chi connectivity index (χ1v) is 11.8. The van der Waals surface area contributed by atoms with Crippen molar-refractivity contribution in [3.05, 3.63) is 29.8 Å². The average Bonchev–Trinajstić information content (AvgIpc) is 2.68. The number of benzene rings is 1. The minimum Gasteiger partial charge on any atom is -0.342 e. The van der Waals surface area contributed by atoms with Crippen LogP contribution in [0.4, 0.5) is 0 Å². The highest BCUT2D eigenvalue weighted by molar-refractivity contribution is 7.89. The number of nitrogens with one attached hydrogen (secondary N) is 1. The molecule has 27 heavy (non-hydrogen) atoms. The molecule has 2 aliphatic rings. The van der Waals surface area contributed by atoms with E-state index in [9.17, 15) is 13.2 Å². The Hall–Kier alpha value is -1.40. The Balaban J connectivity index is 1.51. The van der Waals surface area contributed by atoms with Crippen LogP contribution >= 0.6 is 0 Å². The number of likely N-dealkylation sites (tertiary alicyclic amines) is 1. The second-order valence-corrected chi connectivity index (χ2v) is 9.91.